The van der Waals surface area contributed by atoms with Crippen LogP contribution in [0.15, 0.2) is 11.6 Å². The zero-order valence-electron chi connectivity index (χ0n) is 14.6. The molecule has 6 nitrogen and oxygen atoms in total. The monoisotopic (exact) mass is 338 g/mol. The molecule has 0 aliphatic heterocycles. The molecule has 0 heterocycles. The molecule has 1 saturated carbocycles. The van der Waals surface area contributed by atoms with Crippen LogP contribution in [0.1, 0.15) is 46.5 Å². The van der Waals surface area contributed by atoms with Gasteiger partial charge in [0.05, 0.1) is 25.7 Å². The highest BCUT2D eigenvalue weighted by atomic mass is 16.6. The summed E-state index contributed by atoms with van der Waals surface area (Å²) in [5, 5.41) is 0. The maximum atomic E-state index is 12.5. The van der Waals surface area contributed by atoms with E-state index in [-0.39, 0.29) is 37.4 Å². The van der Waals surface area contributed by atoms with Crippen molar-refractivity contribution in [2.45, 2.75) is 46.5 Å². The Bertz CT molecular complexity index is 518. The fraction of sp³-hybridized carbons (Fsp3) is 0.722. The Kier molecular flexibility index (Phi) is 6.02. The number of rotatable bonds is 7. The first-order valence-corrected chi connectivity index (χ1v) is 8.70. The molecular formula is C18H26O6. The van der Waals surface area contributed by atoms with Crippen molar-refractivity contribution in [3.8, 4) is 0 Å². The zero-order valence-corrected chi connectivity index (χ0v) is 14.6. The first-order chi connectivity index (χ1) is 11.5. The lowest BCUT2D eigenvalue weighted by Crippen LogP contribution is -2.44. The van der Waals surface area contributed by atoms with E-state index in [0.29, 0.717) is 25.9 Å². The van der Waals surface area contributed by atoms with Crippen molar-refractivity contribution in [1.82, 2.24) is 0 Å². The van der Waals surface area contributed by atoms with Crippen LogP contribution in [0.25, 0.3) is 0 Å². The standard InChI is InChI=1S/C18H26O6/c1-4-22-15(19)14-10-13(14)12-8-7-9-18(11-12,16(20)23-5-2)17(21)24-6-3/h8,13-14H,4-7,9-11H2,1-3H3/t13-,14-/m1/s1. The molecule has 0 amide bonds. The summed E-state index contributed by atoms with van der Waals surface area (Å²) < 4.78 is 15.4. The highest BCUT2D eigenvalue weighted by molar-refractivity contribution is 6.00. The molecule has 2 aliphatic rings. The molecule has 2 rings (SSSR count). The van der Waals surface area contributed by atoms with Crippen molar-refractivity contribution in [3.63, 3.8) is 0 Å². The summed E-state index contributed by atoms with van der Waals surface area (Å²) in [5.74, 6) is -1.35. The summed E-state index contributed by atoms with van der Waals surface area (Å²) in [4.78, 5) is 36.9. The first-order valence-electron chi connectivity index (χ1n) is 8.70. The predicted octanol–water partition coefficient (Wildman–Crippen LogP) is 2.41. The number of allylic oxidation sites excluding steroid dienone is 2. The van der Waals surface area contributed by atoms with Gasteiger partial charge in [-0.1, -0.05) is 11.6 Å². The van der Waals surface area contributed by atoms with Gasteiger partial charge in [-0.15, -0.1) is 0 Å². The van der Waals surface area contributed by atoms with Gasteiger partial charge in [0.25, 0.3) is 0 Å². The van der Waals surface area contributed by atoms with Crippen LogP contribution in [-0.4, -0.2) is 37.7 Å². The Morgan fingerprint density at radius 1 is 1.04 bits per heavy atom. The van der Waals surface area contributed by atoms with Crippen molar-refractivity contribution in [3.05, 3.63) is 11.6 Å². The van der Waals surface area contributed by atoms with Crippen LogP contribution in [0.4, 0.5) is 0 Å². The molecule has 134 valence electrons. The van der Waals surface area contributed by atoms with E-state index in [2.05, 4.69) is 0 Å². The fourth-order valence-electron chi connectivity index (χ4n) is 3.38. The summed E-state index contributed by atoms with van der Waals surface area (Å²) in [6.07, 6.45) is 4.00. The molecule has 6 heteroatoms. The van der Waals surface area contributed by atoms with E-state index < -0.39 is 17.4 Å². The van der Waals surface area contributed by atoms with Crippen LogP contribution in [0.5, 0.6) is 0 Å². The van der Waals surface area contributed by atoms with Crippen molar-refractivity contribution in [1.29, 1.82) is 0 Å². The lowest BCUT2D eigenvalue weighted by molar-refractivity contribution is -0.173. The van der Waals surface area contributed by atoms with Gasteiger partial charge < -0.3 is 14.2 Å². The van der Waals surface area contributed by atoms with Gasteiger partial charge >= 0.3 is 17.9 Å². The number of hydrogen-bond acceptors (Lipinski definition) is 6. The molecule has 24 heavy (non-hydrogen) atoms. The van der Waals surface area contributed by atoms with Crippen LogP contribution in [0.3, 0.4) is 0 Å². The molecule has 2 atom stereocenters. The number of esters is 3. The Hall–Kier alpha value is -1.85. The number of hydrogen-bond donors (Lipinski definition) is 0. The van der Waals surface area contributed by atoms with E-state index >= 15 is 0 Å². The second-order valence-corrected chi connectivity index (χ2v) is 6.22. The predicted molar refractivity (Wildman–Crippen MR) is 85.9 cm³/mol. The van der Waals surface area contributed by atoms with Crippen LogP contribution in [0.2, 0.25) is 0 Å². The quantitative estimate of drug-likeness (QED) is 0.307. The van der Waals surface area contributed by atoms with E-state index in [4.69, 9.17) is 14.2 Å². The molecule has 0 unspecified atom stereocenters. The van der Waals surface area contributed by atoms with E-state index in [1.807, 2.05) is 6.08 Å². The second kappa shape index (κ2) is 7.81. The van der Waals surface area contributed by atoms with Gasteiger partial charge in [0, 0.05) is 0 Å². The third kappa shape index (κ3) is 3.62. The second-order valence-electron chi connectivity index (χ2n) is 6.22. The Balaban J connectivity index is 2.15. The van der Waals surface area contributed by atoms with Gasteiger partial charge in [-0.05, 0) is 52.4 Å². The van der Waals surface area contributed by atoms with Crippen molar-refractivity contribution in [2.24, 2.45) is 17.3 Å². The minimum absolute atomic E-state index is 0.0626. The van der Waals surface area contributed by atoms with Crippen LogP contribution in [-0.2, 0) is 28.6 Å². The molecule has 0 radical (unpaired) electrons. The van der Waals surface area contributed by atoms with Crippen molar-refractivity contribution >= 4 is 17.9 Å². The fourth-order valence-corrected chi connectivity index (χ4v) is 3.38. The lowest BCUT2D eigenvalue weighted by Gasteiger charge is -2.32. The molecule has 0 aromatic carbocycles. The number of ether oxygens (including phenoxy) is 3. The summed E-state index contributed by atoms with van der Waals surface area (Å²) in [6, 6.07) is 0. The van der Waals surface area contributed by atoms with Gasteiger partial charge in [-0.25, -0.2) is 0 Å². The van der Waals surface area contributed by atoms with E-state index in [0.717, 1.165) is 5.57 Å². The third-order valence-electron chi connectivity index (χ3n) is 4.67. The molecule has 0 aromatic heterocycles. The first kappa shape index (κ1) is 18.5. The van der Waals surface area contributed by atoms with Crippen molar-refractivity contribution < 1.29 is 28.6 Å². The summed E-state index contributed by atoms with van der Waals surface area (Å²) in [6.45, 7) is 6.00. The minimum atomic E-state index is -1.28. The van der Waals surface area contributed by atoms with Crippen LogP contribution < -0.4 is 0 Å². The van der Waals surface area contributed by atoms with Gasteiger partial charge in [0.2, 0.25) is 0 Å². The highest BCUT2D eigenvalue weighted by Crippen LogP contribution is 2.51. The molecule has 0 bridgehead atoms. The van der Waals surface area contributed by atoms with E-state index in [1.165, 1.54) is 0 Å². The molecule has 0 aromatic rings. The summed E-state index contributed by atoms with van der Waals surface area (Å²) in [5.41, 5.74) is -0.307. The Labute approximate surface area is 142 Å². The van der Waals surface area contributed by atoms with Gasteiger partial charge in [-0.3, -0.25) is 14.4 Å². The third-order valence-corrected chi connectivity index (χ3v) is 4.67. The van der Waals surface area contributed by atoms with Gasteiger partial charge in [0.15, 0.2) is 5.41 Å². The SMILES string of the molecule is CCOC(=O)[C@@H]1C[C@@H]1C1=CCCC(C(=O)OCC)(C(=O)OCC)C1. The average Bonchev–Trinajstić information content (AvgIpc) is 3.36. The van der Waals surface area contributed by atoms with Crippen molar-refractivity contribution in [2.75, 3.05) is 19.8 Å². The van der Waals surface area contributed by atoms with Gasteiger partial charge in [0.1, 0.15) is 0 Å². The normalized spacial score (nSPS) is 24.5. The highest BCUT2D eigenvalue weighted by Gasteiger charge is 2.54. The van der Waals surface area contributed by atoms with Crippen LogP contribution >= 0.6 is 0 Å². The zero-order chi connectivity index (χ0) is 17.7. The molecule has 0 N–H and O–H groups in total. The van der Waals surface area contributed by atoms with Gasteiger partial charge in [-0.2, -0.15) is 0 Å². The summed E-state index contributed by atoms with van der Waals surface area (Å²) >= 11 is 0. The Morgan fingerprint density at radius 3 is 2.17 bits per heavy atom. The number of carbonyl (C=O) groups excluding carboxylic acids is 3. The van der Waals surface area contributed by atoms with Crippen LogP contribution in [0, 0.1) is 17.3 Å². The maximum Gasteiger partial charge on any atom is 0.323 e. The molecule has 0 saturated heterocycles. The summed E-state index contributed by atoms with van der Waals surface area (Å²) in [7, 11) is 0. The smallest absolute Gasteiger partial charge is 0.323 e. The number of carbonyl (C=O) groups is 3. The molecular weight excluding hydrogens is 312 g/mol. The topological polar surface area (TPSA) is 78.9 Å². The average molecular weight is 338 g/mol. The molecule has 0 spiro atoms. The largest absolute Gasteiger partial charge is 0.466 e. The molecule has 2 aliphatic carbocycles. The Morgan fingerprint density at radius 2 is 1.62 bits per heavy atom. The minimum Gasteiger partial charge on any atom is -0.466 e. The lowest BCUT2D eigenvalue weighted by atomic mass is 9.72. The van der Waals surface area contributed by atoms with E-state index in [1.54, 1.807) is 20.8 Å². The maximum absolute atomic E-state index is 12.5. The van der Waals surface area contributed by atoms with E-state index in [9.17, 15) is 14.4 Å². The molecule has 1 fully saturated rings.